The van der Waals surface area contributed by atoms with E-state index in [-0.39, 0.29) is 0 Å². The molecule has 0 saturated heterocycles. The van der Waals surface area contributed by atoms with Crippen molar-refractivity contribution in [3.63, 3.8) is 0 Å². The summed E-state index contributed by atoms with van der Waals surface area (Å²) < 4.78 is 0. The van der Waals surface area contributed by atoms with Gasteiger partial charge in [-0.15, -0.1) is 0 Å². The molecule has 0 aromatic heterocycles. The lowest BCUT2D eigenvalue weighted by Crippen LogP contribution is -2.22. The molecule has 4 aromatic rings. The van der Waals surface area contributed by atoms with Crippen molar-refractivity contribution in [1.29, 1.82) is 0 Å². The van der Waals surface area contributed by atoms with Gasteiger partial charge >= 0.3 is 0 Å². The van der Waals surface area contributed by atoms with Gasteiger partial charge in [0.2, 0.25) is 0 Å². The number of hydrogen-bond donors (Lipinski definition) is 1. The molecule has 0 aliphatic carbocycles. The first-order valence-corrected chi connectivity index (χ1v) is 8.89. The second-order valence-electron chi connectivity index (χ2n) is 6.44. The third kappa shape index (κ3) is 2.31. The first-order valence-electron chi connectivity index (χ1n) is 8.89. The maximum absolute atomic E-state index is 4.72. The number of benzene rings is 4. The second-order valence-corrected chi connectivity index (χ2v) is 6.44. The fourth-order valence-corrected chi connectivity index (χ4v) is 3.83. The van der Waals surface area contributed by atoms with Crippen molar-refractivity contribution in [2.75, 3.05) is 6.54 Å². The van der Waals surface area contributed by atoms with Crippen molar-refractivity contribution >= 4 is 27.4 Å². The van der Waals surface area contributed by atoms with Crippen LogP contribution in [0.4, 0.5) is 0 Å². The monoisotopic (exact) mass is 334 g/mol. The van der Waals surface area contributed by atoms with Crippen molar-refractivity contribution in [2.45, 2.75) is 0 Å². The summed E-state index contributed by atoms with van der Waals surface area (Å²) in [6, 6.07) is 27.9. The zero-order chi connectivity index (χ0) is 17.3. The van der Waals surface area contributed by atoms with Crippen molar-refractivity contribution in [3.05, 3.63) is 96.7 Å². The van der Waals surface area contributed by atoms with Crippen LogP contribution in [0.5, 0.6) is 0 Å². The predicted molar refractivity (Wildman–Crippen MR) is 111 cm³/mol. The van der Waals surface area contributed by atoms with Gasteiger partial charge in [-0.25, -0.2) is 0 Å². The summed E-state index contributed by atoms with van der Waals surface area (Å²) in [7, 11) is 0. The van der Waals surface area contributed by atoms with Gasteiger partial charge in [-0.3, -0.25) is 4.99 Å². The molecule has 124 valence electrons. The van der Waals surface area contributed by atoms with E-state index < -0.39 is 0 Å². The maximum Gasteiger partial charge on any atom is 0.133 e. The average Bonchev–Trinajstić information content (AvgIpc) is 2.73. The van der Waals surface area contributed by atoms with E-state index in [0.717, 1.165) is 5.84 Å². The van der Waals surface area contributed by atoms with Crippen molar-refractivity contribution in [2.24, 2.45) is 4.99 Å². The van der Waals surface area contributed by atoms with Gasteiger partial charge in [-0.1, -0.05) is 78.9 Å². The third-order valence-corrected chi connectivity index (χ3v) is 4.92. The van der Waals surface area contributed by atoms with E-state index in [4.69, 9.17) is 4.99 Å². The smallest absolute Gasteiger partial charge is 0.133 e. The van der Waals surface area contributed by atoms with Gasteiger partial charge in [0, 0.05) is 11.8 Å². The summed E-state index contributed by atoms with van der Waals surface area (Å²) in [6.07, 6.45) is 4.02. The molecule has 4 aromatic carbocycles. The number of hydrogen-bond acceptors (Lipinski definition) is 2. The van der Waals surface area contributed by atoms with Gasteiger partial charge in [-0.2, -0.15) is 0 Å². The van der Waals surface area contributed by atoms with Gasteiger partial charge in [0.05, 0.1) is 6.54 Å². The molecule has 1 N–H and O–H groups in total. The predicted octanol–water partition coefficient (Wildman–Crippen LogP) is 5.52. The molecule has 0 fully saturated rings. The Morgan fingerprint density at radius 3 is 1.69 bits per heavy atom. The minimum atomic E-state index is 0.714. The maximum atomic E-state index is 4.72. The van der Waals surface area contributed by atoms with E-state index in [0.29, 0.717) is 6.54 Å². The zero-order valence-electron chi connectivity index (χ0n) is 14.3. The van der Waals surface area contributed by atoms with Crippen LogP contribution < -0.4 is 5.32 Å². The minimum absolute atomic E-state index is 0.714. The standard InChI is InChI=1S/C24H18N2/c1-2-9-17(10-3-1)22-18-11-4-6-13-20(18)23(24-25-15-8-16-26-24)21-14-7-5-12-19(21)22/h1-15H,16H2,(H,25,26). The third-order valence-electron chi connectivity index (χ3n) is 4.92. The van der Waals surface area contributed by atoms with Crippen LogP contribution in [0, 0.1) is 0 Å². The number of aliphatic imine (C=N–C) groups is 1. The zero-order valence-corrected chi connectivity index (χ0v) is 14.3. The Balaban J connectivity index is 1.97. The van der Waals surface area contributed by atoms with Crippen LogP contribution in [0.1, 0.15) is 5.56 Å². The Morgan fingerprint density at radius 2 is 1.15 bits per heavy atom. The highest BCUT2D eigenvalue weighted by Crippen LogP contribution is 2.39. The normalized spacial score (nSPS) is 13.6. The van der Waals surface area contributed by atoms with E-state index in [9.17, 15) is 0 Å². The van der Waals surface area contributed by atoms with Crippen LogP contribution in [0.15, 0.2) is 96.1 Å². The van der Waals surface area contributed by atoms with Gasteiger partial charge in [-0.05, 0) is 38.7 Å². The lowest BCUT2D eigenvalue weighted by molar-refractivity contribution is 1.10. The van der Waals surface area contributed by atoms with Crippen LogP contribution in [0.3, 0.4) is 0 Å². The van der Waals surface area contributed by atoms with E-state index in [1.54, 1.807) is 0 Å². The van der Waals surface area contributed by atoms with Crippen LogP contribution in [0.2, 0.25) is 0 Å². The largest absolute Gasteiger partial charge is 0.347 e. The molecule has 0 radical (unpaired) electrons. The minimum Gasteiger partial charge on any atom is -0.347 e. The van der Waals surface area contributed by atoms with Crippen molar-refractivity contribution in [1.82, 2.24) is 5.32 Å². The molecule has 1 heterocycles. The summed E-state index contributed by atoms with van der Waals surface area (Å²) in [5, 5.41) is 8.32. The molecule has 0 spiro atoms. The van der Waals surface area contributed by atoms with Gasteiger partial charge in [0.1, 0.15) is 5.84 Å². The van der Waals surface area contributed by atoms with E-state index >= 15 is 0 Å². The number of rotatable bonds is 2. The summed E-state index contributed by atoms with van der Waals surface area (Å²) >= 11 is 0. The van der Waals surface area contributed by atoms with Gasteiger partial charge in [0.25, 0.3) is 0 Å². The first kappa shape index (κ1) is 14.9. The molecule has 0 unspecified atom stereocenters. The fraction of sp³-hybridized carbons (Fsp3) is 0.0417. The van der Waals surface area contributed by atoms with Crippen LogP contribution >= 0.6 is 0 Å². The Kier molecular flexibility index (Phi) is 3.53. The molecule has 0 bridgehead atoms. The lowest BCUT2D eigenvalue weighted by Gasteiger charge is -2.19. The molecule has 0 saturated carbocycles. The fourth-order valence-electron chi connectivity index (χ4n) is 3.83. The van der Waals surface area contributed by atoms with Crippen LogP contribution in [-0.4, -0.2) is 12.4 Å². The topological polar surface area (TPSA) is 24.4 Å². The quantitative estimate of drug-likeness (QED) is 0.479. The Bertz CT molecular complexity index is 1110. The molecule has 26 heavy (non-hydrogen) atoms. The average molecular weight is 334 g/mol. The first-order chi connectivity index (χ1) is 12.9. The van der Waals surface area contributed by atoms with Crippen LogP contribution in [0.25, 0.3) is 32.7 Å². The highest BCUT2D eigenvalue weighted by Gasteiger charge is 2.18. The molecule has 2 nitrogen and oxygen atoms in total. The number of amidine groups is 1. The molecule has 1 aliphatic heterocycles. The molecule has 5 rings (SSSR count). The summed E-state index contributed by atoms with van der Waals surface area (Å²) in [6.45, 7) is 0.714. The van der Waals surface area contributed by atoms with E-state index in [1.165, 1.54) is 38.2 Å². The lowest BCUT2D eigenvalue weighted by atomic mass is 9.88. The summed E-state index contributed by atoms with van der Waals surface area (Å²) in [5.41, 5.74) is 3.71. The second kappa shape index (κ2) is 6.16. The molecule has 0 atom stereocenters. The Morgan fingerprint density at radius 1 is 0.615 bits per heavy atom. The van der Waals surface area contributed by atoms with Crippen LogP contribution in [-0.2, 0) is 0 Å². The van der Waals surface area contributed by atoms with E-state index in [2.05, 4.69) is 84.2 Å². The molecule has 0 amide bonds. The van der Waals surface area contributed by atoms with Crippen molar-refractivity contribution in [3.8, 4) is 11.1 Å². The molecular weight excluding hydrogens is 316 g/mol. The highest BCUT2D eigenvalue weighted by molar-refractivity contribution is 6.25. The number of fused-ring (bicyclic) bond motifs is 2. The SMILES string of the molecule is C1=CNC(c2c3ccccc3c(-c3ccccc3)c3ccccc23)=NC1. The summed E-state index contributed by atoms with van der Waals surface area (Å²) in [4.78, 5) is 4.72. The highest BCUT2D eigenvalue weighted by atomic mass is 15.0. The van der Waals surface area contributed by atoms with Crippen molar-refractivity contribution < 1.29 is 0 Å². The number of nitrogens with one attached hydrogen (secondary N) is 1. The molecule has 1 aliphatic rings. The number of nitrogens with zero attached hydrogens (tertiary/aromatic N) is 1. The molecular formula is C24H18N2. The van der Waals surface area contributed by atoms with Gasteiger partial charge in [0.15, 0.2) is 0 Å². The molecule has 2 heteroatoms. The van der Waals surface area contributed by atoms with Gasteiger partial charge < -0.3 is 5.32 Å². The Labute approximate surface area is 152 Å². The Hall–Kier alpha value is -3.39. The van der Waals surface area contributed by atoms with E-state index in [1.807, 2.05) is 12.3 Å². The summed E-state index contributed by atoms with van der Waals surface area (Å²) in [5.74, 6) is 0.944.